The Morgan fingerprint density at radius 3 is 2.49 bits per heavy atom. The molecule has 2 aliphatic carbocycles. The number of hydrogen-bond donors (Lipinski definition) is 6. The molecular formula is C30H34N2O11. The quantitative estimate of drug-likeness (QED) is 0.206. The number of aliphatic hydroxyl groups is 2. The van der Waals surface area contributed by atoms with Crippen molar-refractivity contribution in [2.75, 3.05) is 13.7 Å². The molecule has 3 aliphatic rings. The molecule has 0 spiro atoms. The first-order chi connectivity index (χ1) is 20.3. The van der Waals surface area contributed by atoms with Gasteiger partial charge in [0.2, 0.25) is 11.7 Å². The molecule has 0 aromatic heterocycles. The first kappa shape index (κ1) is 30.6. The van der Waals surface area contributed by atoms with Crippen LogP contribution >= 0.6 is 0 Å². The van der Waals surface area contributed by atoms with E-state index in [1.54, 1.807) is 6.92 Å². The zero-order valence-electron chi connectivity index (χ0n) is 23.9. The molecule has 0 saturated carbocycles. The first-order valence-electron chi connectivity index (χ1n) is 13.9. The minimum atomic E-state index is -2.06. The Hall–Kier alpha value is -3.88. The van der Waals surface area contributed by atoms with Crippen LogP contribution in [0.4, 0.5) is 0 Å². The Morgan fingerprint density at radius 1 is 1.14 bits per heavy atom. The number of ether oxygens (including phenoxy) is 3. The van der Waals surface area contributed by atoms with Crippen LogP contribution in [0.1, 0.15) is 82.2 Å². The van der Waals surface area contributed by atoms with Gasteiger partial charge in [0.1, 0.15) is 29.0 Å². The standard InChI is InChI=1S/C30H34N2O11/c1-12-25(35)16(32-19(34)7-8-31)9-20(42-12)43-18-11-30(40,13(2)33)10-15-22(18)29(39)24-23(27(15)37)26(36)14-5-4-6-17(41-3)21(14)28(24)38/h4-6,12,16,18,20,25,35,37,39-40H,7-11,31H2,1-3H3,(H,32,34). The van der Waals surface area contributed by atoms with Gasteiger partial charge in [-0.15, -0.1) is 0 Å². The van der Waals surface area contributed by atoms with Crippen molar-refractivity contribution in [2.24, 2.45) is 5.73 Å². The van der Waals surface area contributed by atoms with Crippen LogP contribution in [0.5, 0.6) is 17.2 Å². The molecule has 13 nitrogen and oxygen atoms in total. The normalized spacial score (nSPS) is 28.0. The number of aromatic hydroxyl groups is 2. The van der Waals surface area contributed by atoms with E-state index in [4.69, 9.17) is 19.9 Å². The van der Waals surface area contributed by atoms with Gasteiger partial charge in [-0.3, -0.25) is 19.2 Å². The number of rotatable bonds is 7. The Bertz CT molecular complexity index is 1520. The van der Waals surface area contributed by atoms with E-state index < -0.39 is 82.6 Å². The molecule has 13 heteroatoms. The number of phenols is 2. The summed E-state index contributed by atoms with van der Waals surface area (Å²) < 4.78 is 17.3. The molecule has 1 heterocycles. The lowest BCUT2D eigenvalue weighted by atomic mass is 9.72. The Morgan fingerprint density at radius 2 is 1.84 bits per heavy atom. The van der Waals surface area contributed by atoms with Gasteiger partial charge in [-0.05, 0) is 19.9 Å². The molecule has 0 bridgehead atoms. The highest BCUT2D eigenvalue weighted by atomic mass is 16.7. The maximum absolute atomic E-state index is 13.8. The summed E-state index contributed by atoms with van der Waals surface area (Å²) in [6, 6.07) is 3.60. The number of carbonyl (C=O) groups is 4. The lowest BCUT2D eigenvalue weighted by molar-refractivity contribution is -0.249. The lowest BCUT2D eigenvalue weighted by Gasteiger charge is -2.42. The van der Waals surface area contributed by atoms with Crippen LogP contribution < -0.4 is 15.8 Å². The molecule has 230 valence electrons. The number of aliphatic hydroxyl groups excluding tert-OH is 1. The third-order valence-corrected chi connectivity index (χ3v) is 8.47. The Kier molecular flexibility index (Phi) is 8.05. The van der Waals surface area contributed by atoms with Crippen molar-refractivity contribution in [3.05, 3.63) is 51.6 Å². The number of nitrogens with two attached hydrogens (primary N) is 1. The summed E-state index contributed by atoms with van der Waals surface area (Å²) in [6.07, 6.45) is -5.20. The number of benzene rings is 2. The fraction of sp³-hybridized carbons (Fsp3) is 0.467. The largest absolute Gasteiger partial charge is 0.507 e. The minimum Gasteiger partial charge on any atom is -0.507 e. The van der Waals surface area contributed by atoms with Crippen LogP contribution in [0.15, 0.2) is 18.2 Å². The van der Waals surface area contributed by atoms with Crippen molar-refractivity contribution in [2.45, 2.75) is 75.8 Å². The topological polar surface area (TPSA) is 215 Å². The van der Waals surface area contributed by atoms with Gasteiger partial charge in [-0.1, -0.05) is 12.1 Å². The van der Waals surface area contributed by atoms with Gasteiger partial charge in [0.15, 0.2) is 17.9 Å². The van der Waals surface area contributed by atoms with Gasteiger partial charge in [-0.25, -0.2) is 0 Å². The second kappa shape index (κ2) is 11.3. The summed E-state index contributed by atoms with van der Waals surface area (Å²) in [6.45, 7) is 2.83. The van der Waals surface area contributed by atoms with Crippen molar-refractivity contribution >= 4 is 23.3 Å². The first-order valence-corrected chi connectivity index (χ1v) is 13.9. The summed E-state index contributed by atoms with van der Waals surface area (Å²) in [7, 11) is 1.33. The van der Waals surface area contributed by atoms with Crippen LogP contribution in [0, 0.1) is 0 Å². The van der Waals surface area contributed by atoms with E-state index in [1.165, 1.54) is 25.3 Å². The molecule has 1 amide bonds. The summed E-state index contributed by atoms with van der Waals surface area (Å²) >= 11 is 0. The summed E-state index contributed by atoms with van der Waals surface area (Å²) in [5.74, 6) is -3.77. The molecule has 5 rings (SSSR count). The van der Waals surface area contributed by atoms with Gasteiger partial charge >= 0.3 is 0 Å². The zero-order chi connectivity index (χ0) is 31.4. The fourth-order valence-electron chi connectivity index (χ4n) is 6.18. The molecule has 7 N–H and O–H groups in total. The molecule has 6 atom stereocenters. The Balaban J connectivity index is 1.60. The SMILES string of the molecule is COc1cccc2c1C(=O)c1c(O)c3c(c(O)c1C2=O)CC(O)(C(C)=O)CC3OC1CC(NC(=O)CCN)C(O)C(C)O1. The van der Waals surface area contributed by atoms with E-state index >= 15 is 0 Å². The van der Waals surface area contributed by atoms with Crippen LogP contribution in [0.25, 0.3) is 0 Å². The van der Waals surface area contributed by atoms with Crippen molar-refractivity contribution in [3.63, 3.8) is 0 Å². The summed E-state index contributed by atoms with van der Waals surface area (Å²) in [5.41, 5.74) is 2.14. The third kappa shape index (κ3) is 5.06. The molecule has 43 heavy (non-hydrogen) atoms. The summed E-state index contributed by atoms with van der Waals surface area (Å²) in [4.78, 5) is 52.2. The number of Topliss-reactive ketones (excluding diaryl/α,β-unsaturated/α-hetero) is 1. The van der Waals surface area contributed by atoms with Gasteiger partial charge in [-0.2, -0.15) is 0 Å². The molecule has 6 unspecified atom stereocenters. The predicted octanol–water partition coefficient (Wildman–Crippen LogP) is 0.535. The van der Waals surface area contributed by atoms with E-state index in [1.807, 2.05) is 0 Å². The highest BCUT2D eigenvalue weighted by molar-refractivity contribution is 6.31. The third-order valence-electron chi connectivity index (χ3n) is 8.47. The maximum atomic E-state index is 13.8. The molecule has 0 radical (unpaired) electrons. The van der Waals surface area contributed by atoms with E-state index in [2.05, 4.69) is 5.32 Å². The monoisotopic (exact) mass is 598 g/mol. The van der Waals surface area contributed by atoms with Crippen molar-refractivity contribution in [1.82, 2.24) is 5.32 Å². The number of methoxy groups -OCH3 is 1. The van der Waals surface area contributed by atoms with Gasteiger partial charge in [0.05, 0.1) is 42.0 Å². The van der Waals surface area contributed by atoms with Gasteiger partial charge in [0, 0.05) is 48.9 Å². The zero-order valence-corrected chi connectivity index (χ0v) is 23.9. The van der Waals surface area contributed by atoms with E-state index in [0.29, 0.717) is 0 Å². The van der Waals surface area contributed by atoms with Crippen LogP contribution in [-0.4, -0.2) is 87.5 Å². The lowest BCUT2D eigenvalue weighted by Crippen LogP contribution is -2.55. The van der Waals surface area contributed by atoms with Gasteiger partial charge in [0.25, 0.3) is 0 Å². The smallest absolute Gasteiger partial charge is 0.221 e. The average Bonchev–Trinajstić information content (AvgIpc) is 2.95. The van der Waals surface area contributed by atoms with E-state index in [0.717, 1.165) is 6.92 Å². The van der Waals surface area contributed by atoms with Crippen LogP contribution in [-0.2, 0) is 25.5 Å². The van der Waals surface area contributed by atoms with Crippen molar-refractivity contribution < 1.29 is 53.8 Å². The number of amides is 1. The second-order valence-corrected chi connectivity index (χ2v) is 11.2. The number of ketones is 3. The molecular weight excluding hydrogens is 564 g/mol. The number of carbonyl (C=O) groups excluding carboxylic acids is 4. The minimum absolute atomic E-state index is 0.0323. The number of nitrogens with one attached hydrogen (secondary N) is 1. The van der Waals surface area contributed by atoms with Crippen LogP contribution in [0.2, 0.25) is 0 Å². The maximum Gasteiger partial charge on any atom is 0.221 e. The van der Waals surface area contributed by atoms with Crippen LogP contribution in [0.3, 0.4) is 0 Å². The van der Waals surface area contributed by atoms with E-state index in [-0.39, 0.29) is 59.7 Å². The predicted molar refractivity (Wildman–Crippen MR) is 148 cm³/mol. The second-order valence-electron chi connectivity index (χ2n) is 11.2. The molecule has 1 fully saturated rings. The van der Waals surface area contributed by atoms with Crippen molar-refractivity contribution in [3.8, 4) is 17.2 Å². The Labute approximate surface area is 246 Å². The summed E-state index contributed by atoms with van der Waals surface area (Å²) in [5, 5.41) is 47.7. The number of fused-ring (bicyclic) bond motifs is 3. The fourth-order valence-corrected chi connectivity index (χ4v) is 6.18. The molecule has 1 saturated heterocycles. The van der Waals surface area contributed by atoms with E-state index in [9.17, 15) is 39.6 Å². The highest BCUT2D eigenvalue weighted by Crippen LogP contribution is 2.52. The van der Waals surface area contributed by atoms with Crippen molar-refractivity contribution in [1.29, 1.82) is 0 Å². The average molecular weight is 599 g/mol. The highest BCUT2D eigenvalue weighted by Gasteiger charge is 2.49. The molecule has 2 aromatic rings. The number of hydrogen-bond acceptors (Lipinski definition) is 12. The van der Waals surface area contributed by atoms with Gasteiger partial charge < -0.3 is 45.7 Å². The molecule has 2 aromatic carbocycles. The number of phenolic OH excluding ortho intramolecular Hbond substituents is 2. The molecule has 1 aliphatic heterocycles.